The summed E-state index contributed by atoms with van der Waals surface area (Å²) < 4.78 is 2.15. The van der Waals surface area contributed by atoms with Gasteiger partial charge in [-0.25, -0.2) is 4.98 Å². The zero-order valence-electron chi connectivity index (χ0n) is 12.1. The van der Waals surface area contributed by atoms with Crippen LogP contribution < -0.4 is 5.32 Å². The van der Waals surface area contributed by atoms with E-state index in [1.807, 2.05) is 6.07 Å². The van der Waals surface area contributed by atoms with Crippen molar-refractivity contribution in [1.82, 2.24) is 9.55 Å². The van der Waals surface area contributed by atoms with Crippen molar-refractivity contribution < 1.29 is 0 Å². The maximum absolute atomic E-state index is 8.83. The van der Waals surface area contributed by atoms with Gasteiger partial charge in [0, 0.05) is 40.6 Å². The number of hydrogen-bond acceptors (Lipinski definition) is 4. The van der Waals surface area contributed by atoms with Crippen LogP contribution in [0.1, 0.15) is 19.3 Å². The number of nitrogens with zero attached hydrogens (tertiary/aromatic N) is 3. The molecule has 0 unspecified atom stereocenters. The first-order chi connectivity index (χ1) is 10.8. The number of benzene rings is 1. The normalized spacial score (nSPS) is 14.1. The molecular weight excluding hydrogens is 292 g/mol. The van der Waals surface area contributed by atoms with Gasteiger partial charge in [0.05, 0.1) is 18.2 Å². The number of aromatic nitrogens is 2. The molecule has 5 heteroatoms. The van der Waals surface area contributed by atoms with Crippen molar-refractivity contribution in [1.29, 1.82) is 5.26 Å². The van der Waals surface area contributed by atoms with Crippen LogP contribution >= 0.6 is 11.3 Å². The third-order valence-electron chi connectivity index (χ3n) is 3.94. The molecule has 1 N–H and O–H groups in total. The summed E-state index contributed by atoms with van der Waals surface area (Å²) in [5, 5.41) is 16.6. The molecule has 0 amide bonds. The van der Waals surface area contributed by atoms with Gasteiger partial charge in [0.15, 0.2) is 5.13 Å². The lowest BCUT2D eigenvalue weighted by atomic mass is 10.1. The molecule has 1 saturated carbocycles. The Labute approximate surface area is 133 Å². The number of anilines is 1. The van der Waals surface area contributed by atoms with Crippen LogP contribution in [0, 0.1) is 11.3 Å². The summed E-state index contributed by atoms with van der Waals surface area (Å²) in [6.45, 7) is 0.717. The van der Waals surface area contributed by atoms with E-state index in [0.717, 1.165) is 21.9 Å². The summed E-state index contributed by atoms with van der Waals surface area (Å²) in [6.07, 6.45) is 5.15. The molecule has 22 heavy (non-hydrogen) atoms. The van der Waals surface area contributed by atoms with Gasteiger partial charge in [-0.05, 0) is 18.9 Å². The molecule has 0 saturated heterocycles. The number of hydrogen-bond donors (Lipinski definition) is 1. The molecule has 1 aliphatic rings. The number of nitrogens with one attached hydrogen (secondary N) is 1. The zero-order chi connectivity index (χ0) is 14.9. The van der Waals surface area contributed by atoms with E-state index >= 15 is 0 Å². The monoisotopic (exact) mass is 308 g/mol. The van der Waals surface area contributed by atoms with E-state index in [-0.39, 0.29) is 0 Å². The van der Waals surface area contributed by atoms with Crippen LogP contribution in [-0.4, -0.2) is 15.6 Å². The molecule has 1 aliphatic carbocycles. The third-order valence-corrected chi connectivity index (χ3v) is 4.71. The maximum Gasteiger partial charge on any atom is 0.183 e. The summed E-state index contributed by atoms with van der Waals surface area (Å²) in [7, 11) is 0. The summed E-state index contributed by atoms with van der Waals surface area (Å²) in [6, 6.07) is 11.2. The molecule has 0 aliphatic heterocycles. The maximum atomic E-state index is 8.83. The van der Waals surface area contributed by atoms with E-state index in [2.05, 4.69) is 45.7 Å². The molecule has 2 aromatic heterocycles. The minimum absolute atomic E-state index is 0.518. The first kappa shape index (κ1) is 13.4. The van der Waals surface area contributed by atoms with Crippen LogP contribution in [0.3, 0.4) is 0 Å². The lowest BCUT2D eigenvalue weighted by Gasteiger charge is -2.00. The van der Waals surface area contributed by atoms with Gasteiger partial charge in [-0.3, -0.25) is 0 Å². The highest BCUT2D eigenvalue weighted by Gasteiger charge is 2.22. The Hall–Kier alpha value is -2.32. The van der Waals surface area contributed by atoms with Gasteiger partial charge in [-0.1, -0.05) is 18.2 Å². The Balaban J connectivity index is 1.73. The first-order valence-corrected chi connectivity index (χ1v) is 8.40. The Morgan fingerprint density at radius 1 is 1.36 bits per heavy atom. The van der Waals surface area contributed by atoms with Crippen molar-refractivity contribution in [3.05, 3.63) is 35.8 Å². The Bertz CT molecular complexity index is 851. The fraction of sp³-hybridized carbons (Fsp3) is 0.294. The van der Waals surface area contributed by atoms with Crippen molar-refractivity contribution >= 4 is 27.4 Å². The minimum atomic E-state index is 0.518. The summed E-state index contributed by atoms with van der Waals surface area (Å²) in [4.78, 5) is 4.73. The van der Waals surface area contributed by atoms with Crippen molar-refractivity contribution in [2.24, 2.45) is 0 Å². The van der Waals surface area contributed by atoms with Gasteiger partial charge in [-0.2, -0.15) is 5.26 Å². The number of thiazole rings is 1. The second-order valence-electron chi connectivity index (χ2n) is 5.62. The van der Waals surface area contributed by atoms with Crippen LogP contribution in [0.15, 0.2) is 35.8 Å². The number of para-hydroxylation sites is 1. The van der Waals surface area contributed by atoms with E-state index in [4.69, 9.17) is 10.2 Å². The third kappa shape index (κ3) is 2.46. The first-order valence-electron chi connectivity index (χ1n) is 7.52. The predicted octanol–water partition coefficient (Wildman–Crippen LogP) is 4.25. The molecule has 4 rings (SSSR count). The topological polar surface area (TPSA) is 53.6 Å². The molecule has 4 nitrogen and oxygen atoms in total. The van der Waals surface area contributed by atoms with Crippen molar-refractivity contribution in [3.63, 3.8) is 0 Å². The minimum Gasteiger partial charge on any atom is -0.359 e. The second-order valence-corrected chi connectivity index (χ2v) is 6.48. The average Bonchev–Trinajstić information content (AvgIpc) is 3.10. The number of rotatable bonds is 5. The summed E-state index contributed by atoms with van der Waals surface area (Å²) >= 11 is 1.66. The second kappa shape index (κ2) is 5.47. The van der Waals surface area contributed by atoms with Crippen LogP contribution in [0.2, 0.25) is 0 Å². The molecule has 0 bridgehead atoms. The Morgan fingerprint density at radius 3 is 3.05 bits per heavy atom. The van der Waals surface area contributed by atoms with Gasteiger partial charge < -0.3 is 9.88 Å². The number of fused-ring (bicyclic) bond motifs is 1. The molecule has 1 aromatic carbocycles. The molecule has 1 fully saturated rings. The van der Waals surface area contributed by atoms with Crippen LogP contribution in [0.5, 0.6) is 0 Å². The van der Waals surface area contributed by atoms with Crippen LogP contribution in [0.4, 0.5) is 5.13 Å². The largest absolute Gasteiger partial charge is 0.359 e. The zero-order valence-corrected chi connectivity index (χ0v) is 12.9. The van der Waals surface area contributed by atoms with Gasteiger partial charge in [0.1, 0.15) is 0 Å². The summed E-state index contributed by atoms with van der Waals surface area (Å²) in [5.74, 6) is 0. The standard InChI is InChI=1S/C17H16N4S/c18-8-3-9-21-10-14(13-4-1-2-5-16(13)21)15-11-22-17(20-15)19-12-6-7-12/h1-2,4-5,10-12H,3,6-7,9H2,(H,19,20). The average molecular weight is 308 g/mol. The predicted molar refractivity (Wildman–Crippen MR) is 89.9 cm³/mol. The smallest absolute Gasteiger partial charge is 0.183 e. The van der Waals surface area contributed by atoms with Gasteiger partial charge in [-0.15, -0.1) is 11.3 Å². The van der Waals surface area contributed by atoms with Gasteiger partial charge in [0.2, 0.25) is 0 Å². The van der Waals surface area contributed by atoms with E-state index in [0.29, 0.717) is 19.0 Å². The quantitative estimate of drug-likeness (QED) is 0.766. The van der Waals surface area contributed by atoms with Gasteiger partial charge in [0.25, 0.3) is 0 Å². The Kier molecular flexibility index (Phi) is 3.32. The SMILES string of the molecule is N#CCCn1cc(-c2csc(NC3CC3)n2)c2ccccc21. The molecule has 0 spiro atoms. The molecule has 3 aromatic rings. The number of aryl methyl sites for hydroxylation is 1. The van der Waals surface area contributed by atoms with E-state index < -0.39 is 0 Å². The van der Waals surface area contributed by atoms with Gasteiger partial charge >= 0.3 is 0 Å². The lowest BCUT2D eigenvalue weighted by molar-refractivity contribution is 0.745. The fourth-order valence-electron chi connectivity index (χ4n) is 2.67. The summed E-state index contributed by atoms with van der Waals surface area (Å²) in [5.41, 5.74) is 3.33. The highest BCUT2D eigenvalue weighted by molar-refractivity contribution is 7.14. The fourth-order valence-corrected chi connectivity index (χ4v) is 3.46. The highest BCUT2D eigenvalue weighted by Crippen LogP contribution is 2.34. The highest BCUT2D eigenvalue weighted by atomic mass is 32.1. The van der Waals surface area contributed by atoms with E-state index in [1.165, 1.54) is 18.2 Å². The number of nitriles is 1. The molecular formula is C17H16N4S. The molecule has 2 heterocycles. The van der Waals surface area contributed by atoms with Crippen LogP contribution in [0.25, 0.3) is 22.2 Å². The molecule has 0 atom stereocenters. The van der Waals surface area contributed by atoms with Crippen molar-refractivity contribution in [2.75, 3.05) is 5.32 Å². The molecule has 0 radical (unpaired) electrons. The Morgan fingerprint density at radius 2 is 2.23 bits per heavy atom. The van der Waals surface area contributed by atoms with E-state index in [9.17, 15) is 0 Å². The van der Waals surface area contributed by atoms with Crippen molar-refractivity contribution in [2.45, 2.75) is 31.8 Å². The van der Waals surface area contributed by atoms with Crippen molar-refractivity contribution in [3.8, 4) is 17.3 Å². The molecule has 110 valence electrons. The van der Waals surface area contributed by atoms with Crippen LogP contribution in [-0.2, 0) is 6.54 Å². The van der Waals surface area contributed by atoms with E-state index in [1.54, 1.807) is 11.3 Å². The lowest BCUT2D eigenvalue weighted by Crippen LogP contribution is -1.99.